The molecule has 3 aromatic heterocycles. The smallest absolute Gasteiger partial charge is 0.237 e. The average Bonchev–Trinajstić information content (AvgIpc) is 3.01. The highest BCUT2D eigenvalue weighted by molar-refractivity contribution is 5.76. The molecular formula is C17H21N5O2. The molecule has 0 aromatic carbocycles. The lowest BCUT2D eigenvalue weighted by Crippen LogP contribution is -2.00. The van der Waals surface area contributed by atoms with Crippen LogP contribution in [-0.2, 0) is 7.05 Å². The highest BCUT2D eigenvalue weighted by Gasteiger charge is 2.17. The van der Waals surface area contributed by atoms with Gasteiger partial charge in [0.1, 0.15) is 11.4 Å². The van der Waals surface area contributed by atoms with Crippen LogP contribution in [0.5, 0.6) is 5.88 Å². The van der Waals surface area contributed by atoms with Crippen molar-refractivity contribution in [2.75, 3.05) is 12.4 Å². The first kappa shape index (κ1) is 16.0. The second kappa shape index (κ2) is 5.99. The highest BCUT2D eigenvalue weighted by Crippen LogP contribution is 2.34. The molecule has 0 saturated carbocycles. The molecular weight excluding hydrogens is 306 g/mol. The van der Waals surface area contributed by atoms with Gasteiger partial charge in [0.2, 0.25) is 5.88 Å². The van der Waals surface area contributed by atoms with Crippen molar-refractivity contribution in [2.24, 2.45) is 7.05 Å². The number of aryl methyl sites for hydroxylation is 4. The minimum Gasteiger partial charge on any atom is -0.480 e. The Morgan fingerprint density at radius 3 is 2.46 bits per heavy atom. The second-order valence-corrected chi connectivity index (χ2v) is 5.77. The molecule has 7 heteroatoms. The van der Waals surface area contributed by atoms with E-state index in [9.17, 15) is 0 Å². The second-order valence-electron chi connectivity index (χ2n) is 5.77. The van der Waals surface area contributed by atoms with E-state index in [2.05, 4.69) is 20.6 Å². The van der Waals surface area contributed by atoms with Gasteiger partial charge in [-0.3, -0.25) is 4.68 Å². The molecule has 0 amide bonds. The van der Waals surface area contributed by atoms with Gasteiger partial charge < -0.3 is 14.6 Å². The fraction of sp³-hybridized carbons (Fsp3) is 0.353. The van der Waals surface area contributed by atoms with Crippen molar-refractivity contribution in [3.8, 4) is 17.0 Å². The average molecular weight is 327 g/mol. The molecule has 0 radical (unpaired) electrons. The van der Waals surface area contributed by atoms with E-state index in [-0.39, 0.29) is 0 Å². The summed E-state index contributed by atoms with van der Waals surface area (Å²) in [5.74, 6) is 1.28. The summed E-state index contributed by atoms with van der Waals surface area (Å²) >= 11 is 0. The number of hydrogen-bond acceptors (Lipinski definition) is 6. The maximum Gasteiger partial charge on any atom is 0.237 e. The van der Waals surface area contributed by atoms with Crippen molar-refractivity contribution in [2.45, 2.75) is 27.7 Å². The third-order valence-electron chi connectivity index (χ3n) is 4.14. The maximum absolute atomic E-state index is 5.40. The van der Waals surface area contributed by atoms with E-state index in [1.54, 1.807) is 13.3 Å². The summed E-state index contributed by atoms with van der Waals surface area (Å²) < 4.78 is 12.5. The summed E-state index contributed by atoms with van der Waals surface area (Å²) in [6.07, 6.45) is 1.76. The topological polar surface area (TPSA) is 78.0 Å². The largest absolute Gasteiger partial charge is 0.480 e. The predicted octanol–water partition coefficient (Wildman–Crippen LogP) is 3.46. The lowest BCUT2D eigenvalue weighted by Gasteiger charge is -2.12. The van der Waals surface area contributed by atoms with E-state index in [4.69, 9.17) is 9.26 Å². The van der Waals surface area contributed by atoms with Crippen LogP contribution in [0.4, 0.5) is 11.4 Å². The van der Waals surface area contributed by atoms with Crippen LogP contribution in [0.25, 0.3) is 11.1 Å². The van der Waals surface area contributed by atoms with Crippen LogP contribution in [0.15, 0.2) is 16.8 Å². The quantitative estimate of drug-likeness (QED) is 0.790. The number of ether oxygens (including phenoxy) is 1. The summed E-state index contributed by atoms with van der Waals surface area (Å²) in [4.78, 5) is 4.42. The number of aromatic nitrogens is 4. The van der Waals surface area contributed by atoms with Gasteiger partial charge in [-0.2, -0.15) is 5.10 Å². The van der Waals surface area contributed by atoms with Crippen molar-refractivity contribution < 1.29 is 9.26 Å². The Balaban J connectivity index is 2.08. The Morgan fingerprint density at radius 2 is 1.92 bits per heavy atom. The number of methoxy groups -OCH3 is 1. The summed E-state index contributed by atoms with van der Waals surface area (Å²) in [7, 11) is 3.52. The van der Waals surface area contributed by atoms with Crippen molar-refractivity contribution >= 4 is 11.4 Å². The van der Waals surface area contributed by atoms with E-state index >= 15 is 0 Å². The summed E-state index contributed by atoms with van der Waals surface area (Å²) in [5, 5.41) is 11.8. The zero-order chi connectivity index (χ0) is 17.4. The van der Waals surface area contributed by atoms with Gasteiger partial charge in [-0.25, -0.2) is 4.98 Å². The van der Waals surface area contributed by atoms with Gasteiger partial charge in [-0.1, -0.05) is 5.16 Å². The summed E-state index contributed by atoms with van der Waals surface area (Å²) in [5.41, 5.74) is 6.39. The molecule has 3 heterocycles. The molecule has 0 aliphatic rings. The number of nitrogens with zero attached hydrogens (tertiary/aromatic N) is 4. The Morgan fingerprint density at radius 1 is 1.17 bits per heavy atom. The summed E-state index contributed by atoms with van der Waals surface area (Å²) in [6, 6.07) is 1.99. The lowest BCUT2D eigenvalue weighted by molar-refractivity contribution is 0.393. The van der Waals surface area contributed by atoms with Crippen LogP contribution in [0.1, 0.15) is 22.8 Å². The number of nitrogens with one attached hydrogen (secondary N) is 1. The van der Waals surface area contributed by atoms with Crippen molar-refractivity contribution in [3.63, 3.8) is 0 Å². The molecule has 0 atom stereocenters. The molecule has 0 fully saturated rings. The molecule has 0 saturated heterocycles. The Hall–Kier alpha value is -2.83. The van der Waals surface area contributed by atoms with Gasteiger partial charge in [0, 0.05) is 24.4 Å². The molecule has 0 bridgehead atoms. The third kappa shape index (κ3) is 2.62. The Labute approximate surface area is 140 Å². The van der Waals surface area contributed by atoms with E-state index in [1.165, 1.54) is 0 Å². The Kier molecular flexibility index (Phi) is 4.01. The van der Waals surface area contributed by atoms with Gasteiger partial charge in [-0.05, 0) is 33.8 Å². The van der Waals surface area contributed by atoms with Crippen molar-refractivity contribution in [1.29, 1.82) is 0 Å². The minimum absolute atomic E-state index is 0.521. The molecule has 0 unspecified atom stereocenters. The molecule has 7 nitrogen and oxygen atoms in total. The predicted molar refractivity (Wildman–Crippen MR) is 91.7 cm³/mol. The summed E-state index contributed by atoms with van der Waals surface area (Å²) in [6.45, 7) is 7.79. The van der Waals surface area contributed by atoms with Crippen LogP contribution < -0.4 is 10.1 Å². The number of anilines is 2. The van der Waals surface area contributed by atoms with Crippen LogP contribution in [0.2, 0.25) is 0 Å². The van der Waals surface area contributed by atoms with Crippen LogP contribution in [0.3, 0.4) is 0 Å². The van der Waals surface area contributed by atoms with E-state index < -0.39 is 0 Å². The molecule has 24 heavy (non-hydrogen) atoms. The van der Waals surface area contributed by atoms with Crippen molar-refractivity contribution in [1.82, 2.24) is 19.9 Å². The maximum atomic E-state index is 5.40. The lowest BCUT2D eigenvalue weighted by atomic mass is 10.1. The number of hydrogen-bond donors (Lipinski definition) is 1. The van der Waals surface area contributed by atoms with Crippen molar-refractivity contribution in [3.05, 3.63) is 35.1 Å². The van der Waals surface area contributed by atoms with Gasteiger partial charge in [0.15, 0.2) is 0 Å². The van der Waals surface area contributed by atoms with E-state index in [0.717, 1.165) is 45.3 Å². The normalized spacial score (nSPS) is 10.9. The SMILES string of the molecule is COc1ncc(-c2c(C)noc2C)cc1Nc1c(C)nn(C)c1C. The molecule has 0 spiro atoms. The highest BCUT2D eigenvalue weighted by atomic mass is 16.5. The van der Waals surface area contributed by atoms with Gasteiger partial charge in [0.05, 0.1) is 29.9 Å². The molecule has 0 aliphatic heterocycles. The molecule has 1 N–H and O–H groups in total. The first-order valence-corrected chi connectivity index (χ1v) is 7.66. The molecule has 3 rings (SSSR count). The fourth-order valence-electron chi connectivity index (χ4n) is 2.83. The number of rotatable bonds is 4. The molecule has 0 aliphatic carbocycles. The Bertz CT molecular complexity index is 875. The molecule has 126 valence electrons. The minimum atomic E-state index is 0.521. The van der Waals surface area contributed by atoms with Crippen LogP contribution in [0, 0.1) is 27.7 Å². The fourth-order valence-corrected chi connectivity index (χ4v) is 2.83. The van der Waals surface area contributed by atoms with Crippen LogP contribution >= 0.6 is 0 Å². The first-order chi connectivity index (χ1) is 11.4. The zero-order valence-electron chi connectivity index (χ0n) is 14.8. The first-order valence-electron chi connectivity index (χ1n) is 7.66. The van der Waals surface area contributed by atoms with Gasteiger partial charge >= 0.3 is 0 Å². The number of pyridine rings is 1. The monoisotopic (exact) mass is 327 g/mol. The van der Waals surface area contributed by atoms with E-state index in [0.29, 0.717) is 5.88 Å². The molecule has 3 aromatic rings. The third-order valence-corrected chi connectivity index (χ3v) is 4.14. The van der Waals surface area contributed by atoms with E-state index in [1.807, 2.05) is 45.5 Å². The zero-order valence-corrected chi connectivity index (χ0v) is 14.8. The van der Waals surface area contributed by atoms with Gasteiger partial charge in [-0.15, -0.1) is 0 Å². The standard InChI is InChI=1S/C17H21N5O2/c1-9-15(12(4)24-21-9)13-7-14(17(23-6)18-8-13)19-16-10(2)20-22(5)11(16)3/h7-8,19H,1-6H3. The van der Waals surface area contributed by atoms with Gasteiger partial charge in [0.25, 0.3) is 0 Å². The van der Waals surface area contributed by atoms with Crippen LogP contribution in [-0.4, -0.2) is 27.0 Å².